The summed E-state index contributed by atoms with van der Waals surface area (Å²) in [5.74, 6) is 0.518. The van der Waals surface area contributed by atoms with E-state index in [1.165, 1.54) is 22.7 Å². The molecule has 0 unspecified atom stereocenters. The van der Waals surface area contributed by atoms with E-state index in [-0.39, 0.29) is 5.91 Å². The van der Waals surface area contributed by atoms with E-state index in [1.807, 2.05) is 35.7 Å². The minimum Gasteiger partial charge on any atom is -0.497 e. The lowest BCUT2D eigenvalue weighted by atomic mass is 10.3. The van der Waals surface area contributed by atoms with Crippen molar-refractivity contribution in [3.05, 3.63) is 46.8 Å². The SMILES string of the molecule is COc1ccc2nc(NC(=O)c3csc(-c4cccs4)n3)sc2c1. The van der Waals surface area contributed by atoms with Crippen molar-refractivity contribution < 1.29 is 9.53 Å². The Morgan fingerprint density at radius 2 is 2.12 bits per heavy atom. The molecule has 0 fully saturated rings. The Hall–Kier alpha value is -2.29. The van der Waals surface area contributed by atoms with Crippen LogP contribution in [-0.4, -0.2) is 23.0 Å². The van der Waals surface area contributed by atoms with E-state index in [2.05, 4.69) is 15.3 Å². The molecule has 1 aromatic carbocycles. The third-order valence-corrected chi connectivity index (χ3v) is 6.10. The number of hydrogen-bond acceptors (Lipinski definition) is 7. The molecule has 0 spiro atoms. The number of thiophene rings is 1. The maximum absolute atomic E-state index is 12.4. The number of rotatable bonds is 4. The molecule has 0 aliphatic heterocycles. The lowest BCUT2D eigenvalue weighted by Gasteiger charge is -1.96. The number of ether oxygens (including phenoxy) is 1. The Labute approximate surface area is 149 Å². The van der Waals surface area contributed by atoms with Crippen LogP contribution in [-0.2, 0) is 0 Å². The highest BCUT2D eigenvalue weighted by Gasteiger charge is 2.14. The number of anilines is 1. The number of methoxy groups -OCH3 is 1. The Morgan fingerprint density at radius 3 is 2.92 bits per heavy atom. The zero-order valence-corrected chi connectivity index (χ0v) is 14.9. The second-order valence-electron chi connectivity index (χ2n) is 4.82. The molecule has 1 N–H and O–H groups in total. The smallest absolute Gasteiger partial charge is 0.276 e. The first kappa shape index (κ1) is 15.3. The molecule has 0 aliphatic rings. The molecule has 0 aliphatic carbocycles. The molecule has 0 atom stereocenters. The predicted molar refractivity (Wildman–Crippen MR) is 99.6 cm³/mol. The highest BCUT2D eigenvalue weighted by Crippen LogP contribution is 2.30. The summed E-state index contributed by atoms with van der Waals surface area (Å²) >= 11 is 4.48. The number of aromatic nitrogens is 2. The molecular weight excluding hydrogens is 362 g/mol. The molecule has 3 heterocycles. The molecule has 1 amide bonds. The first-order chi connectivity index (χ1) is 11.7. The summed E-state index contributed by atoms with van der Waals surface area (Å²) < 4.78 is 6.16. The van der Waals surface area contributed by atoms with Crippen LogP contribution in [0.5, 0.6) is 5.75 Å². The van der Waals surface area contributed by atoms with Gasteiger partial charge in [0.15, 0.2) is 5.13 Å². The monoisotopic (exact) mass is 373 g/mol. The molecule has 0 saturated carbocycles. The van der Waals surface area contributed by atoms with Crippen LogP contribution in [0, 0.1) is 0 Å². The van der Waals surface area contributed by atoms with Gasteiger partial charge in [-0.2, -0.15) is 0 Å². The van der Waals surface area contributed by atoms with Gasteiger partial charge in [0.25, 0.3) is 5.91 Å². The van der Waals surface area contributed by atoms with Gasteiger partial charge < -0.3 is 4.74 Å². The Morgan fingerprint density at radius 1 is 1.21 bits per heavy atom. The van der Waals surface area contributed by atoms with Crippen molar-refractivity contribution in [2.24, 2.45) is 0 Å². The van der Waals surface area contributed by atoms with Crippen LogP contribution in [0.2, 0.25) is 0 Å². The fourth-order valence-corrected chi connectivity index (χ4v) is 4.64. The number of hydrogen-bond donors (Lipinski definition) is 1. The lowest BCUT2D eigenvalue weighted by Crippen LogP contribution is -2.11. The molecule has 4 aromatic rings. The molecule has 3 aromatic heterocycles. The largest absolute Gasteiger partial charge is 0.497 e. The number of benzene rings is 1. The molecule has 120 valence electrons. The van der Waals surface area contributed by atoms with Crippen LogP contribution in [0.15, 0.2) is 41.1 Å². The van der Waals surface area contributed by atoms with Gasteiger partial charge in [0.1, 0.15) is 16.5 Å². The van der Waals surface area contributed by atoms with Crippen LogP contribution >= 0.6 is 34.0 Å². The maximum Gasteiger partial charge on any atom is 0.276 e. The average Bonchev–Trinajstić information content (AvgIpc) is 3.32. The van der Waals surface area contributed by atoms with Gasteiger partial charge in [-0.25, -0.2) is 9.97 Å². The molecule has 8 heteroatoms. The molecular formula is C16H11N3O2S3. The minimum atomic E-state index is -0.250. The number of carbonyl (C=O) groups excluding carboxylic acids is 1. The number of nitrogens with one attached hydrogen (secondary N) is 1. The second kappa shape index (κ2) is 6.31. The summed E-state index contributed by atoms with van der Waals surface area (Å²) in [6, 6.07) is 9.59. The van der Waals surface area contributed by atoms with Crippen molar-refractivity contribution in [2.75, 3.05) is 12.4 Å². The third kappa shape index (κ3) is 2.91. The molecule has 0 radical (unpaired) electrons. The van der Waals surface area contributed by atoms with Gasteiger partial charge in [-0.05, 0) is 29.6 Å². The van der Waals surface area contributed by atoms with E-state index in [0.29, 0.717) is 10.8 Å². The number of fused-ring (bicyclic) bond motifs is 1. The third-order valence-electron chi connectivity index (χ3n) is 3.28. The van der Waals surface area contributed by atoms with Crippen molar-refractivity contribution in [1.29, 1.82) is 0 Å². The van der Waals surface area contributed by atoms with Crippen LogP contribution in [0.1, 0.15) is 10.5 Å². The first-order valence-corrected chi connectivity index (χ1v) is 9.56. The topological polar surface area (TPSA) is 64.1 Å². The van der Waals surface area contributed by atoms with E-state index < -0.39 is 0 Å². The van der Waals surface area contributed by atoms with Crippen molar-refractivity contribution in [1.82, 2.24) is 9.97 Å². The molecule has 0 saturated heterocycles. The summed E-state index contributed by atoms with van der Waals surface area (Å²) in [4.78, 5) is 22.3. The quantitative estimate of drug-likeness (QED) is 0.561. The van der Waals surface area contributed by atoms with E-state index in [9.17, 15) is 4.79 Å². The molecule has 24 heavy (non-hydrogen) atoms. The van der Waals surface area contributed by atoms with Gasteiger partial charge in [-0.15, -0.1) is 22.7 Å². The van der Waals surface area contributed by atoms with Crippen molar-refractivity contribution in [2.45, 2.75) is 0 Å². The summed E-state index contributed by atoms with van der Waals surface area (Å²) in [5, 5.41) is 7.98. The summed E-state index contributed by atoms with van der Waals surface area (Å²) in [6.07, 6.45) is 0. The highest BCUT2D eigenvalue weighted by molar-refractivity contribution is 7.22. The molecule has 5 nitrogen and oxygen atoms in total. The van der Waals surface area contributed by atoms with Crippen LogP contribution in [0.4, 0.5) is 5.13 Å². The van der Waals surface area contributed by atoms with Gasteiger partial charge in [-0.3, -0.25) is 10.1 Å². The van der Waals surface area contributed by atoms with Crippen LogP contribution in [0.25, 0.3) is 20.1 Å². The number of thiazole rings is 2. The minimum absolute atomic E-state index is 0.250. The van der Waals surface area contributed by atoms with Gasteiger partial charge in [0.2, 0.25) is 0 Å². The predicted octanol–water partition coefficient (Wildman–Crippen LogP) is 4.74. The number of nitrogens with zero attached hydrogens (tertiary/aromatic N) is 2. The van der Waals surface area contributed by atoms with Crippen LogP contribution in [0.3, 0.4) is 0 Å². The summed E-state index contributed by atoms with van der Waals surface area (Å²) in [5.41, 5.74) is 1.23. The fraction of sp³-hybridized carbons (Fsp3) is 0.0625. The molecule has 4 rings (SSSR count). The van der Waals surface area contributed by atoms with Gasteiger partial charge in [0.05, 0.1) is 22.2 Å². The highest BCUT2D eigenvalue weighted by atomic mass is 32.1. The second-order valence-corrected chi connectivity index (χ2v) is 7.66. The standard InChI is InChI=1S/C16H11N3O2S3/c1-21-9-4-5-10-13(7-9)24-16(18-10)19-14(20)11-8-23-15(17-11)12-3-2-6-22-12/h2-8H,1H3,(H,18,19,20). The summed E-state index contributed by atoms with van der Waals surface area (Å²) in [6.45, 7) is 0. The van der Waals surface area contributed by atoms with E-state index in [4.69, 9.17) is 4.74 Å². The normalized spacial score (nSPS) is 10.9. The van der Waals surface area contributed by atoms with Crippen LogP contribution < -0.4 is 10.1 Å². The van der Waals surface area contributed by atoms with Crippen molar-refractivity contribution in [3.63, 3.8) is 0 Å². The first-order valence-electron chi connectivity index (χ1n) is 6.98. The zero-order chi connectivity index (χ0) is 16.5. The number of amides is 1. The number of carbonyl (C=O) groups is 1. The van der Waals surface area contributed by atoms with E-state index >= 15 is 0 Å². The van der Waals surface area contributed by atoms with Gasteiger partial charge in [-0.1, -0.05) is 17.4 Å². The van der Waals surface area contributed by atoms with Gasteiger partial charge in [0, 0.05) is 5.38 Å². The molecule has 0 bridgehead atoms. The Bertz CT molecular complexity index is 1000. The Kier molecular flexibility index (Phi) is 4.01. The van der Waals surface area contributed by atoms with E-state index in [0.717, 1.165) is 25.9 Å². The van der Waals surface area contributed by atoms with Crippen molar-refractivity contribution in [3.8, 4) is 15.6 Å². The zero-order valence-electron chi connectivity index (χ0n) is 12.5. The Balaban J connectivity index is 1.55. The fourth-order valence-electron chi connectivity index (χ4n) is 2.14. The average molecular weight is 373 g/mol. The van der Waals surface area contributed by atoms with Crippen molar-refractivity contribution >= 4 is 55.3 Å². The summed E-state index contributed by atoms with van der Waals surface area (Å²) in [7, 11) is 1.62. The van der Waals surface area contributed by atoms with Gasteiger partial charge >= 0.3 is 0 Å². The van der Waals surface area contributed by atoms with E-state index in [1.54, 1.807) is 23.8 Å². The lowest BCUT2D eigenvalue weighted by molar-refractivity contribution is 0.102. The maximum atomic E-state index is 12.4.